The number of nitrogens with one attached hydrogen (secondary N) is 2. The number of aromatic nitrogens is 4. The topological polar surface area (TPSA) is 101 Å². The second-order valence-electron chi connectivity index (χ2n) is 10.6. The van der Waals surface area contributed by atoms with Crippen LogP contribution in [0.4, 0.5) is 14.9 Å². The molecule has 1 atom stereocenters. The van der Waals surface area contributed by atoms with E-state index in [1.165, 1.54) is 38.4 Å². The number of hydrogen-bond donors (Lipinski definition) is 2. The first kappa shape index (κ1) is 28.4. The molecule has 0 radical (unpaired) electrons. The number of imidazole rings is 1. The zero-order valence-corrected chi connectivity index (χ0v) is 23.8. The van der Waals surface area contributed by atoms with Crippen LogP contribution in [0.3, 0.4) is 0 Å². The number of piperidine rings is 1. The molecule has 3 aromatic rings. The van der Waals surface area contributed by atoms with Crippen molar-refractivity contribution in [2.24, 2.45) is 0 Å². The second kappa shape index (κ2) is 13.5. The molecule has 2 aromatic heterocycles. The van der Waals surface area contributed by atoms with Gasteiger partial charge in [0.15, 0.2) is 23.1 Å². The highest BCUT2D eigenvalue weighted by molar-refractivity contribution is 5.93. The van der Waals surface area contributed by atoms with Gasteiger partial charge in [-0.15, -0.1) is 0 Å². The van der Waals surface area contributed by atoms with Crippen molar-refractivity contribution >= 4 is 22.8 Å². The molecule has 2 N–H and O–H groups in total. The number of anilines is 1. The normalized spacial score (nSPS) is 18.2. The third kappa shape index (κ3) is 6.75. The SMILES string of the molecule is CCN(CC)C(=O)Nc1cn(C2CCCCO2)nc1-c1nc2cc(OCCCCN3CCCCC3)c(F)cc2[nH]1. The molecule has 2 fully saturated rings. The van der Waals surface area contributed by atoms with E-state index in [0.717, 1.165) is 38.6 Å². The summed E-state index contributed by atoms with van der Waals surface area (Å²) in [6, 6.07) is 2.82. The summed E-state index contributed by atoms with van der Waals surface area (Å²) in [7, 11) is 0. The maximum absolute atomic E-state index is 14.9. The van der Waals surface area contributed by atoms with Crippen LogP contribution in [0, 0.1) is 5.82 Å². The molecule has 2 aliphatic rings. The molecule has 1 aromatic carbocycles. The Morgan fingerprint density at radius 3 is 2.75 bits per heavy atom. The summed E-state index contributed by atoms with van der Waals surface area (Å²) >= 11 is 0. The van der Waals surface area contributed by atoms with E-state index in [0.29, 0.717) is 54.5 Å². The fourth-order valence-corrected chi connectivity index (χ4v) is 5.48. The molecule has 5 rings (SSSR count). The minimum Gasteiger partial charge on any atom is -0.490 e. The summed E-state index contributed by atoms with van der Waals surface area (Å²) in [5, 5.41) is 7.74. The molecule has 0 spiro atoms. The van der Waals surface area contributed by atoms with E-state index in [4.69, 9.17) is 19.6 Å². The standard InChI is InChI=1S/C29H42FN7O3/c1-3-36(4-2)29(38)33-24-20-37(26-12-6-10-17-40-26)34-27(24)28-31-22-18-21(30)25(19-23(22)32-28)39-16-11-9-15-35-13-7-5-8-14-35/h18-20,26H,3-17H2,1-2H3,(H,31,32)(H,33,38). The number of hydrogen-bond acceptors (Lipinski definition) is 6. The van der Waals surface area contributed by atoms with E-state index in [-0.39, 0.29) is 18.0 Å². The molecular formula is C29H42FN7O3. The fraction of sp³-hybridized carbons (Fsp3) is 0.621. The van der Waals surface area contributed by atoms with Gasteiger partial charge in [-0.3, -0.25) is 0 Å². The van der Waals surface area contributed by atoms with Gasteiger partial charge < -0.3 is 29.6 Å². The number of likely N-dealkylation sites (tertiary alicyclic amines) is 1. The highest BCUT2D eigenvalue weighted by Crippen LogP contribution is 2.32. The average Bonchev–Trinajstić information content (AvgIpc) is 3.58. The first-order valence-electron chi connectivity index (χ1n) is 14.9. The number of H-pyrrole nitrogens is 1. The van der Waals surface area contributed by atoms with Crippen LogP contribution in [0.25, 0.3) is 22.6 Å². The van der Waals surface area contributed by atoms with E-state index >= 15 is 0 Å². The lowest BCUT2D eigenvalue weighted by Gasteiger charge is -2.26. The lowest BCUT2D eigenvalue weighted by Crippen LogP contribution is -2.34. The minimum absolute atomic E-state index is 0.194. The molecule has 0 saturated carbocycles. The number of halogens is 1. The monoisotopic (exact) mass is 555 g/mol. The molecule has 10 nitrogen and oxygen atoms in total. The van der Waals surface area contributed by atoms with Crippen LogP contribution in [0.1, 0.15) is 71.4 Å². The summed E-state index contributed by atoms with van der Waals surface area (Å²) in [6.45, 7) is 9.61. The Labute approximate surface area is 235 Å². The van der Waals surface area contributed by atoms with Gasteiger partial charge >= 0.3 is 6.03 Å². The van der Waals surface area contributed by atoms with Gasteiger partial charge in [0.05, 0.1) is 29.5 Å². The van der Waals surface area contributed by atoms with Crippen molar-refractivity contribution in [3.63, 3.8) is 0 Å². The molecule has 2 saturated heterocycles. The third-order valence-corrected chi connectivity index (χ3v) is 7.81. The van der Waals surface area contributed by atoms with Gasteiger partial charge in [-0.2, -0.15) is 5.10 Å². The number of aromatic amines is 1. The zero-order chi connectivity index (χ0) is 27.9. The van der Waals surface area contributed by atoms with Crippen LogP contribution in [0.2, 0.25) is 0 Å². The number of urea groups is 1. The summed E-state index contributed by atoms with van der Waals surface area (Å²) in [5.41, 5.74) is 2.11. The first-order valence-corrected chi connectivity index (χ1v) is 14.9. The predicted molar refractivity (Wildman–Crippen MR) is 153 cm³/mol. The first-order chi connectivity index (χ1) is 19.6. The molecule has 40 heavy (non-hydrogen) atoms. The number of benzene rings is 1. The maximum Gasteiger partial charge on any atom is 0.321 e. The molecule has 1 unspecified atom stereocenters. The van der Waals surface area contributed by atoms with Gasteiger partial charge in [0.1, 0.15) is 6.23 Å². The van der Waals surface area contributed by atoms with Gasteiger partial charge in [-0.25, -0.2) is 18.9 Å². The highest BCUT2D eigenvalue weighted by Gasteiger charge is 2.24. The average molecular weight is 556 g/mol. The summed E-state index contributed by atoms with van der Waals surface area (Å²) in [6.07, 6.45) is 10.3. The van der Waals surface area contributed by atoms with Crippen molar-refractivity contribution < 1.29 is 18.7 Å². The second-order valence-corrected chi connectivity index (χ2v) is 10.6. The van der Waals surface area contributed by atoms with Crippen LogP contribution in [-0.4, -0.2) is 81.5 Å². The van der Waals surface area contributed by atoms with E-state index in [1.54, 1.807) is 21.8 Å². The quantitative estimate of drug-likeness (QED) is 0.291. The Bertz CT molecular complexity index is 1260. The van der Waals surface area contributed by atoms with Crippen molar-refractivity contribution in [1.82, 2.24) is 29.5 Å². The molecule has 2 amide bonds. The number of amides is 2. The van der Waals surface area contributed by atoms with Gasteiger partial charge in [-0.1, -0.05) is 6.42 Å². The van der Waals surface area contributed by atoms with Gasteiger partial charge in [0, 0.05) is 31.8 Å². The lowest BCUT2D eigenvalue weighted by atomic mass is 10.1. The summed E-state index contributed by atoms with van der Waals surface area (Å²) < 4.78 is 28.4. The molecule has 11 heteroatoms. The van der Waals surface area contributed by atoms with Crippen LogP contribution in [0.15, 0.2) is 18.3 Å². The largest absolute Gasteiger partial charge is 0.490 e. The summed E-state index contributed by atoms with van der Waals surface area (Å²) in [4.78, 5) is 25.0. The molecule has 218 valence electrons. The number of fused-ring (bicyclic) bond motifs is 1. The fourth-order valence-electron chi connectivity index (χ4n) is 5.48. The van der Waals surface area contributed by atoms with Crippen molar-refractivity contribution in [3.8, 4) is 17.3 Å². The zero-order valence-electron chi connectivity index (χ0n) is 23.8. The third-order valence-electron chi connectivity index (χ3n) is 7.81. The van der Waals surface area contributed by atoms with Crippen molar-refractivity contribution in [3.05, 3.63) is 24.1 Å². The summed E-state index contributed by atoms with van der Waals surface area (Å²) in [5.74, 6) is 0.201. The van der Waals surface area contributed by atoms with Crippen LogP contribution >= 0.6 is 0 Å². The number of nitrogens with zero attached hydrogens (tertiary/aromatic N) is 5. The highest BCUT2D eigenvalue weighted by atomic mass is 19.1. The Kier molecular flexibility index (Phi) is 9.53. The van der Waals surface area contributed by atoms with Crippen LogP contribution in [0.5, 0.6) is 5.75 Å². The van der Waals surface area contributed by atoms with Gasteiger partial charge in [0.2, 0.25) is 0 Å². The van der Waals surface area contributed by atoms with Gasteiger partial charge in [-0.05, 0) is 78.4 Å². The molecule has 0 bridgehead atoms. The van der Waals surface area contributed by atoms with Crippen molar-refractivity contribution in [2.45, 2.75) is 71.4 Å². The molecule has 2 aliphatic heterocycles. The predicted octanol–water partition coefficient (Wildman–Crippen LogP) is 5.78. The number of carbonyl (C=O) groups is 1. The van der Waals surface area contributed by atoms with Crippen molar-refractivity contribution in [2.75, 3.05) is 51.3 Å². The van der Waals surface area contributed by atoms with Crippen LogP contribution in [-0.2, 0) is 4.74 Å². The number of rotatable bonds is 11. The van der Waals surface area contributed by atoms with E-state index in [9.17, 15) is 9.18 Å². The minimum atomic E-state index is -0.435. The number of unbranched alkanes of at least 4 members (excludes halogenated alkanes) is 1. The van der Waals surface area contributed by atoms with E-state index in [1.807, 2.05) is 13.8 Å². The Hall–Kier alpha value is -3.18. The Morgan fingerprint density at radius 2 is 2.00 bits per heavy atom. The smallest absolute Gasteiger partial charge is 0.321 e. The Balaban J connectivity index is 1.32. The molecule has 0 aliphatic carbocycles. The van der Waals surface area contributed by atoms with Gasteiger partial charge in [0.25, 0.3) is 0 Å². The number of ether oxygens (including phenoxy) is 2. The van der Waals surface area contributed by atoms with Crippen molar-refractivity contribution in [1.29, 1.82) is 0 Å². The molecular weight excluding hydrogens is 513 g/mol. The van der Waals surface area contributed by atoms with E-state index in [2.05, 4.69) is 15.2 Å². The maximum atomic E-state index is 14.9. The van der Waals surface area contributed by atoms with E-state index < -0.39 is 5.82 Å². The van der Waals surface area contributed by atoms with Crippen LogP contribution < -0.4 is 10.1 Å². The molecule has 4 heterocycles. The number of carbonyl (C=O) groups excluding carboxylic acids is 1. The lowest BCUT2D eigenvalue weighted by molar-refractivity contribution is -0.0393. The Morgan fingerprint density at radius 1 is 1.18 bits per heavy atom.